The minimum absolute atomic E-state index is 0.0121. The lowest BCUT2D eigenvalue weighted by Gasteiger charge is -2.35. The quantitative estimate of drug-likeness (QED) is 0.897. The van der Waals surface area contributed by atoms with Gasteiger partial charge in [0.25, 0.3) is 5.91 Å². The average Bonchev–Trinajstić information content (AvgIpc) is 2.43. The number of carboxylic acid groups (broad SMARTS) is 1. The summed E-state index contributed by atoms with van der Waals surface area (Å²) in [6.07, 6.45) is 2.57. The summed E-state index contributed by atoms with van der Waals surface area (Å²) < 4.78 is 0. The van der Waals surface area contributed by atoms with Gasteiger partial charge < -0.3 is 15.1 Å². The Labute approximate surface area is 124 Å². The lowest BCUT2D eigenvalue weighted by atomic mass is 9.97. The number of carboxylic acids is 1. The first-order valence-electron chi connectivity index (χ1n) is 7.23. The number of phenols is 1. The molecule has 1 fully saturated rings. The Balaban J connectivity index is 2.26. The van der Waals surface area contributed by atoms with E-state index in [1.54, 1.807) is 30.9 Å². The molecule has 2 N–H and O–H groups in total. The van der Waals surface area contributed by atoms with Gasteiger partial charge in [0.05, 0.1) is 6.42 Å². The first-order valence-corrected chi connectivity index (χ1v) is 7.23. The van der Waals surface area contributed by atoms with Crippen LogP contribution < -0.4 is 0 Å². The van der Waals surface area contributed by atoms with Gasteiger partial charge in [-0.1, -0.05) is 0 Å². The van der Waals surface area contributed by atoms with E-state index in [0.29, 0.717) is 23.2 Å². The highest BCUT2D eigenvalue weighted by Crippen LogP contribution is 2.26. The van der Waals surface area contributed by atoms with Crippen molar-refractivity contribution in [2.24, 2.45) is 0 Å². The summed E-state index contributed by atoms with van der Waals surface area (Å²) in [5.74, 6) is -0.822. The first-order chi connectivity index (χ1) is 9.90. The molecule has 0 aliphatic carbocycles. The van der Waals surface area contributed by atoms with Crippen molar-refractivity contribution >= 4 is 11.9 Å². The minimum Gasteiger partial charge on any atom is -0.507 e. The number of hydrogen-bond acceptors (Lipinski definition) is 3. The largest absolute Gasteiger partial charge is 0.507 e. The highest BCUT2D eigenvalue weighted by atomic mass is 16.4. The van der Waals surface area contributed by atoms with E-state index in [1.165, 1.54) is 0 Å². The van der Waals surface area contributed by atoms with Crippen molar-refractivity contribution in [3.63, 3.8) is 0 Å². The fraction of sp³-hybridized carbons (Fsp3) is 0.500. The molecule has 1 saturated heterocycles. The van der Waals surface area contributed by atoms with E-state index in [9.17, 15) is 14.7 Å². The van der Waals surface area contributed by atoms with Crippen LogP contribution in [0.1, 0.15) is 47.2 Å². The SMILES string of the molecule is Cc1cc(C(=O)N2CCCC[C@H]2CC(=O)O)cc(C)c1O. The molecule has 5 nitrogen and oxygen atoms in total. The summed E-state index contributed by atoms with van der Waals surface area (Å²) in [6, 6.07) is 3.09. The third-order valence-electron chi connectivity index (χ3n) is 4.04. The van der Waals surface area contributed by atoms with Gasteiger partial charge in [-0.2, -0.15) is 0 Å². The van der Waals surface area contributed by atoms with Crippen molar-refractivity contribution in [3.05, 3.63) is 28.8 Å². The molecular formula is C16H21NO4. The summed E-state index contributed by atoms with van der Waals surface area (Å²) in [4.78, 5) is 25.3. The number of aromatic hydroxyl groups is 1. The Kier molecular flexibility index (Phi) is 4.50. The molecule has 0 unspecified atom stereocenters. The highest BCUT2D eigenvalue weighted by Gasteiger charge is 2.29. The third-order valence-corrected chi connectivity index (χ3v) is 4.04. The zero-order chi connectivity index (χ0) is 15.6. The lowest BCUT2D eigenvalue weighted by molar-refractivity contribution is -0.138. The molecule has 1 aromatic rings. The topological polar surface area (TPSA) is 77.8 Å². The smallest absolute Gasteiger partial charge is 0.305 e. The van der Waals surface area contributed by atoms with Gasteiger partial charge in [0.15, 0.2) is 0 Å². The van der Waals surface area contributed by atoms with Crippen LogP contribution in [0.2, 0.25) is 0 Å². The van der Waals surface area contributed by atoms with E-state index in [2.05, 4.69) is 0 Å². The molecule has 1 amide bonds. The maximum atomic E-state index is 12.7. The number of phenolic OH excluding ortho intramolecular Hbond substituents is 1. The van der Waals surface area contributed by atoms with Crippen LogP contribution in [0, 0.1) is 13.8 Å². The van der Waals surface area contributed by atoms with Crippen molar-refractivity contribution in [1.29, 1.82) is 0 Å². The van der Waals surface area contributed by atoms with E-state index < -0.39 is 5.97 Å². The lowest BCUT2D eigenvalue weighted by Crippen LogP contribution is -2.44. The van der Waals surface area contributed by atoms with E-state index in [-0.39, 0.29) is 24.1 Å². The number of nitrogens with zero attached hydrogens (tertiary/aromatic N) is 1. The Morgan fingerprint density at radius 2 is 1.86 bits per heavy atom. The van der Waals surface area contributed by atoms with Gasteiger partial charge in [0.1, 0.15) is 5.75 Å². The van der Waals surface area contributed by atoms with Gasteiger partial charge in [-0.05, 0) is 56.4 Å². The molecular weight excluding hydrogens is 270 g/mol. The monoisotopic (exact) mass is 291 g/mol. The van der Waals surface area contributed by atoms with Crippen LogP contribution in [0.5, 0.6) is 5.75 Å². The molecule has 1 aliphatic rings. The van der Waals surface area contributed by atoms with Crippen LogP contribution in [-0.4, -0.2) is 39.6 Å². The molecule has 21 heavy (non-hydrogen) atoms. The Hall–Kier alpha value is -2.04. The maximum Gasteiger partial charge on any atom is 0.305 e. The molecule has 1 aliphatic heterocycles. The van der Waals surface area contributed by atoms with Crippen molar-refractivity contribution in [3.8, 4) is 5.75 Å². The summed E-state index contributed by atoms with van der Waals surface area (Å²) in [5, 5.41) is 18.8. The van der Waals surface area contributed by atoms with Crippen LogP contribution in [-0.2, 0) is 4.79 Å². The normalized spacial score (nSPS) is 18.6. The van der Waals surface area contributed by atoms with Gasteiger partial charge >= 0.3 is 5.97 Å². The standard InChI is InChI=1S/C16H21NO4/c1-10-7-12(8-11(2)15(10)20)16(21)17-6-4-3-5-13(17)9-14(18)19/h7-8,13,20H,3-6,9H2,1-2H3,(H,18,19)/t13-/m0/s1. The predicted octanol–water partition coefficient (Wildman–Crippen LogP) is 2.48. The predicted molar refractivity (Wildman–Crippen MR) is 78.5 cm³/mol. The van der Waals surface area contributed by atoms with Crippen LogP contribution in [0.15, 0.2) is 12.1 Å². The molecule has 114 valence electrons. The number of piperidine rings is 1. The van der Waals surface area contributed by atoms with Crippen molar-refractivity contribution in [2.75, 3.05) is 6.54 Å². The molecule has 1 aromatic carbocycles. The molecule has 0 spiro atoms. The first kappa shape index (κ1) is 15.4. The number of carbonyl (C=O) groups is 2. The van der Waals surface area contributed by atoms with Gasteiger partial charge in [-0.25, -0.2) is 0 Å². The Morgan fingerprint density at radius 3 is 2.43 bits per heavy atom. The molecule has 5 heteroatoms. The van der Waals surface area contributed by atoms with Crippen molar-refractivity contribution in [2.45, 2.75) is 45.6 Å². The summed E-state index contributed by atoms with van der Waals surface area (Å²) in [7, 11) is 0. The van der Waals surface area contributed by atoms with E-state index in [4.69, 9.17) is 5.11 Å². The second kappa shape index (κ2) is 6.16. The fourth-order valence-electron chi connectivity index (χ4n) is 2.93. The van der Waals surface area contributed by atoms with E-state index in [0.717, 1.165) is 19.3 Å². The summed E-state index contributed by atoms with van der Waals surface area (Å²) in [5.41, 5.74) is 1.83. The third kappa shape index (κ3) is 3.35. The average molecular weight is 291 g/mol. The van der Waals surface area contributed by atoms with E-state index >= 15 is 0 Å². The molecule has 0 aromatic heterocycles. The highest BCUT2D eigenvalue weighted by molar-refractivity contribution is 5.95. The van der Waals surface area contributed by atoms with Crippen LogP contribution in [0.25, 0.3) is 0 Å². The number of hydrogen-bond donors (Lipinski definition) is 2. The molecule has 2 rings (SSSR count). The van der Waals surface area contributed by atoms with Gasteiger partial charge in [0.2, 0.25) is 0 Å². The minimum atomic E-state index is -0.877. The van der Waals surface area contributed by atoms with Crippen LogP contribution in [0.3, 0.4) is 0 Å². The Bertz CT molecular complexity index is 544. The Morgan fingerprint density at radius 1 is 1.24 bits per heavy atom. The molecule has 0 bridgehead atoms. The number of benzene rings is 1. The summed E-state index contributed by atoms with van der Waals surface area (Å²) in [6.45, 7) is 4.10. The number of likely N-dealkylation sites (tertiary alicyclic amines) is 1. The zero-order valence-corrected chi connectivity index (χ0v) is 12.4. The van der Waals surface area contributed by atoms with Gasteiger partial charge in [-0.3, -0.25) is 9.59 Å². The molecule has 0 saturated carbocycles. The van der Waals surface area contributed by atoms with Crippen molar-refractivity contribution < 1.29 is 19.8 Å². The molecule has 1 heterocycles. The summed E-state index contributed by atoms with van der Waals surface area (Å²) >= 11 is 0. The number of carbonyl (C=O) groups excluding carboxylic acids is 1. The van der Waals surface area contributed by atoms with E-state index in [1.807, 2.05) is 0 Å². The van der Waals surface area contributed by atoms with Crippen LogP contribution in [0.4, 0.5) is 0 Å². The number of rotatable bonds is 3. The van der Waals surface area contributed by atoms with Crippen LogP contribution >= 0.6 is 0 Å². The molecule has 0 radical (unpaired) electrons. The second-order valence-corrected chi connectivity index (χ2v) is 5.70. The second-order valence-electron chi connectivity index (χ2n) is 5.70. The maximum absolute atomic E-state index is 12.7. The van der Waals surface area contributed by atoms with Gasteiger partial charge in [-0.15, -0.1) is 0 Å². The fourth-order valence-corrected chi connectivity index (χ4v) is 2.93. The number of aliphatic carboxylic acids is 1. The number of amides is 1. The number of aryl methyl sites for hydroxylation is 2. The van der Waals surface area contributed by atoms with Gasteiger partial charge in [0, 0.05) is 18.2 Å². The van der Waals surface area contributed by atoms with Crippen molar-refractivity contribution in [1.82, 2.24) is 4.90 Å². The zero-order valence-electron chi connectivity index (χ0n) is 12.4. The molecule has 1 atom stereocenters.